The van der Waals surface area contributed by atoms with Gasteiger partial charge in [0.25, 0.3) is 5.91 Å². The van der Waals surface area contributed by atoms with Crippen LogP contribution < -0.4 is 4.90 Å². The molecule has 1 amide bonds. The second-order valence-corrected chi connectivity index (χ2v) is 11.4. The lowest BCUT2D eigenvalue weighted by atomic mass is 10.2. The van der Waals surface area contributed by atoms with Crippen molar-refractivity contribution in [2.45, 2.75) is 43.6 Å². The predicted molar refractivity (Wildman–Crippen MR) is 131 cm³/mol. The van der Waals surface area contributed by atoms with Crippen LogP contribution in [0.15, 0.2) is 47.4 Å². The summed E-state index contributed by atoms with van der Waals surface area (Å²) in [6, 6.07) is 10.3. The van der Waals surface area contributed by atoms with Crippen LogP contribution in [0, 0.1) is 5.82 Å². The molecular weight excluding hydrogens is 477 g/mol. The first-order chi connectivity index (χ1) is 16.3. The number of fused-ring (bicyclic) bond motifs is 1. The third kappa shape index (κ3) is 5.30. The van der Waals surface area contributed by atoms with Crippen molar-refractivity contribution in [3.05, 3.63) is 53.8 Å². The Kier molecular flexibility index (Phi) is 7.61. The molecule has 1 aliphatic rings. The quantitative estimate of drug-likeness (QED) is 0.422. The minimum absolute atomic E-state index is 0.112. The second-order valence-electron chi connectivity index (χ2n) is 8.36. The summed E-state index contributed by atoms with van der Waals surface area (Å²) < 4.78 is 47.0. The number of sulfonamides is 1. The molecule has 1 aromatic heterocycles. The van der Waals surface area contributed by atoms with Gasteiger partial charge in [-0.05, 0) is 61.7 Å². The highest BCUT2D eigenvalue weighted by molar-refractivity contribution is 7.89. The maximum atomic E-state index is 13.7. The number of unbranched alkanes of at least 4 members (excludes halogenated alkanes) is 1. The lowest BCUT2D eigenvalue weighted by molar-refractivity contribution is 0.0917. The molecule has 0 spiro atoms. The van der Waals surface area contributed by atoms with Crippen molar-refractivity contribution >= 4 is 42.6 Å². The van der Waals surface area contributed by atoms with Gasteiger partial charge in [0, 0.05) is 25.8 Å². The number of ether oxygens (including phenoxy) is 1. The van der Waals surface area contributed by atoms with Crippen molar-refractivity contribution in [1.29, 1.82) is 0 Å². The van der Waals surface area contributed by atoms with Gasteiger partial charge in [0.15, 0.2) is 5.13 Å². The molecule has 182 valence electrons. The number of thiazole rings is 1. The zero-order valence-corrected chi connectivity index (χ0v) is 20.9. The number of anilines is 1. The van der Waals surface area contributed by atoms with Crippen LogP contribution in [0.2, 0.25) is 0 Å². The number of carbonyl (C=O) groups is 1. The van der Waals surface area contributed by atoms with Crippen LogP contribution in [-0.4, -0.2) is 56.5 Å². The number of halogens is 1. The van der Waals surface area contributed by atoms with E-state index in [1.54, 1.807) is 18.0 Å². The normalized spacial score (nSPS) is 16.4. The van der Waals surface area contributed by atoms with E-state index in [2.05, 4.69) is 4.98 Å². The molecule has 0 bridgehead atoms. The van der Waals surface area contributed by atoms with E-state index in [0.29, 0.717) is 40.6 Å². The van der Waals surface area contributed by atoms with Crippen molar-refractivity contribution in [2.24, 2.45) is 0 Å². The summed E-state index contributed by atoms with van der Waals surface area (Å²) in [5.74, 6) is -0.668. The maximum absolute atomic E-state index is 13.7. The molecule has 0 aliphatic carbocycles. The Morgan fingerprint density at radius 3 is 2.68 bits per heavy atom. The summed E-state index contributed by atoms with van der Waals surface area (Å²) >= 11 is 1.24. The van der Waals surface area contributed by atoms with Gasteiger partial charge in [-0.1, -0.05) is 24.7 Å². The molecule has 0 N–H and O–H groups in total. The monoisotopic (exact) mass is 505 g/mol. The van der Waals surface area contributed by atoms with E-state index in [9.17, 15) is 17.6 Å². The third-order valence-corrected chi connectivity index (χ3v) is 8.77. The Morgan fingerprint density at radius 2 is 2.00 bits per heavy atom. The summed E-state index contributed by atoms with van der Waals surface area (Å²) in [6.07, 6.45) is 3.32. The number of hydrogen-bond donors (Lipinski definition) is 0. The minimum atomic E-state index is -3.62. The van der Waals surface area contributed by atoms with Crippen LogP contribution in [0.1, 0.15) is 43.0 Å². The standard InChI is InChI=1S/C24H28FN3O4S2/c1-3-4-13-27(2)34(30,31)20-10-7-17(8-11-20)23(29)28(16-19-6-5-14-32-19)24-26-21-12-9-18(25)15-22(21)33-24/h7-12,15,19H,3-6,13-14,16H2,1-2H3. The molecular formula is C24H28FN3O4S2. The van der Waals surface area contributed by atoms with E-state index < -0.39 is 10.0 Å². The summed E-state index contributed by atoms with van der Waals surface area (Å²) in [4.78, 5) is 19.8. The van der Waals surface area contributed by atoms with Gasteiger partial charge < -0.3 is 4.74 Å². The fourth-order valence-electron chi connectivity index (χ4n) is 3.85. The zero-order valence-electron chi connectivity index (χ0n) is 19.2. The van der Waals surface area contributed by atoms with Crippen LogP contribution in [0.4, 0.5) is 9.52 Å². The summed E-state index contributed by atoms with van der Waals surface area (Å²) in [5.41, 5.74) is 0.960. The zero-order chi connectivity index (χ0) is 24.3. The number of benzene rings is 2. The fraction of sp³-hybridized carbons (Fsp3) is 0.417. The van der Waals surface area contributed by atoms with E-state index in [4.69, 9.17) is 4.74 Å². The molecule has 2 heterocycles. The van der Waals surface area contributed by atoms with Gasteiger partial charge >= 0.3 is 0 Å². The first-order valence-corrected chi connectivity index (χ1v) is 13.6. The first kappa shape index (κ1) is 24.7. The highest BCUT2D eigenvalue weighted by Gasteiger charge is 2.28. The van der Waals surface area contributed by atoms with Crippen molar-refractivity contribution in [1.82, 2.24) is 9.29 Å². The maximum Gasteiger partial charge on any atom is 0.260 e. The van der Waals surface area contributed by atoms with Crippen molar-refractivity contribution in [2.75, 3.05) is 31.6 Å². The van der Waals surface area contributed by atoms with Crippen LogP contribution in [0.5, 0.6) is 0 Å². The van der Waals surface area contributed by atoms with Gasteiger partial charge in [-0.15, -0.1) is 0 Å². The van der Waals surface area contributed by atoms with Gasteiger partial charge in [-0.25, -0.2) is 22.1 Å². The SMILES string of the molecule is CCCCN(C)S(=O)(=O)c1ccc(C(=O)N(CC2CCCO2)c2nc3ccc(F)cc3s2)cc1. The summed E-state index contributed by atoms with van der Waals surface area (Å²) in [7, 11) is -2.06. The largest absolute Gasteiger partial charge is 0.376 e. The lowest BCUT2D eigenvalue weighted by Gasteiger charge is -2.23. The molecule has 0 saturated carbocycles. The Morgan fingerprint density at radius 1 is 1.24 bits per heavy atom. The molecule has 1 atom stereocenters. The summed E-state index contributed by atoms with van der Waals surface area (Å²) in [5, 5.41) is 0.456. The van der Waals surface area contributed by atoms with Gasteiger partial charge in [0.2, 0.25) is 10.0 Å². The predicted octanol–water partition coefficient (Wildman–Crippen LogP) is 4.68. The van der Waals surface area contributed by atoms with Crippen LogP contribution in [0.25, 0.3) is 10.2 Å². The lowest BCUT2D eigenvalue weighted by Crippen LogP contribution is -2.37. The Bertz CT molecular complexity index is 1250. The number of hydrogen-bond acceptors (Lipinski definition) is 6. The third-order valence-electron chi connectivity index (χ3n) is 5.86. The van der Waals surface area contributed by atoms with E-state index in [0.717, 1.165) is 25.7 Å². The molecule has 34 heavy (non-hydrogen) atoms. The Balaban J connectivity index is 1.61. The van der Waals surface area contributed by atoms with Crippen LogP contribution in [-0.2, 0) is 14.8 Å². The van der Waals surface area contributed by atoms with Crippen molar-refractivity contribution in [3.8, 4) is 0 Å². The highest BCUT2D eigenvalue weighted by atomic mass is 32.2. The van der Waals surface area contributed by atoms with Crippen LogP contribution >= 0.6 is 11.3 Å². The first-order valence-electron chi connectivity index (χ1n) is 11.4. The van der Waals surface area contributed by atoms with E-state index in [1.165, 1.54) is 52.0 Å². The number of nitrogens with zero attached hydrogens (tertiary/aromatic N) is 3. The van der Waals surface area contributed by atoms with Gasteiger partial charge in [0.1, 0.15) is 5.82 Å². The topological polar surface area (TPSA) is 79.8 Å². The highest BCUT2D eigenvalue weighted by Crippen LogP contribution is 2.31. The van der Waals surface area contributed by atoms with Crippen molar-refractivity contribution < 1.29 is 22.3 Å². The molecule has 0 radical (unpaired) electrons. The summed E-state index contributed by atoms with van der Waals surface area (Å²) in [6.45, 7) is 3.41. The molecule has 3 aromatic rings. The fourth-order valence-corrected chi connectivity index (χ4v) is 6.06. The Hall–Kier alpha value is -2.40. The van der Waals surface area contributed by atoms with E-state index in [-0.39, 0.29) is 22.7 Å². The Labute approximate surface area is 203 Å². The number of aromatic nitrogens is 1. The molecule has 1 unspecified atom stereocenters. The number of amides is 1. The smallest absolute Gasteiger partial charge is 0.260 e. The molecule has 7 nitrogen and oxygen atoms in total. The van der Waals surface area contributed by atoms with Crippen molar-refractivity contribution in [3.63, 3.8) is 0 Å². The molecule has 1 fully saturated rings. The number of rotatable bonds is 9. The van der Waals surface area contributed by atoms with E-state index >= 15 is 0 Å². The molecule has 1 aliphatic heterocycles. The molecule has 2 aromatic carbocycles. The second kappa shape index (κ2) is 10.5. The minimum Gasteiger partial charge on any atom is -0.376 e. The van der Waals surface area contributed by atoms with Gasteiger partial charge in [-0.2, -0.15) is 0 Å². The molecule has 10 heteroatoms. The van der Waals surface area contributed by atoms with Gasteiger partial charge in [0.05, 0.1) is 27.8 Å². The van der Waals surface area contributed by atoms with Crippen LogP contribution in [0.3, 0.4) is 0 Å². The van der Waals surface area contributed by atoms with E-state index in [1.807, 2.05) is 6.92 Å². The molecule has 4 rings (SSSR count). The molecule has 1 saturated heterocycles. The number of carbonyl (C=O) groups excluding carboxylic acids is 1. The average molecular weight is 506 g/mol. The average Bonchev–Trinajstić information content (AvgIpc) is 3.49. The van der Waals surface area contributed by atoms with Gasteiger partial charge in [-0.3, -0.25) is 9.69 Å².